The smallest absolute Gasteiger partial charge is 0.326 e. The summed E-state index contributed by atoms with van der Waals surface area (Å²) in [4.78, 5) is 28.6. The number of aryl methyl sites for hydroxylation is 1. The lowest BCUT2D eigenvalue weighted by molar-refractivity contribution is -0.133. The van der Waals surface area contributed by atoms with E-state index >= 15 is 0 Å². The summed E-state index contributed by atoms with van der Waals surface area (Å²) in [6.45, 7) is 3.85. The average molecular weight is 415 g/mol. The third-order valence-corrected chi connectivity index (χ3v) is 6.03. The Morgan fingerprint density at radius 3 is 2.00 bits per heavy atom. The number of methoxy groups -OCH3 is 1. The van der Waals surface area contributed by atoms with E-state index in [1.165, 1.54) is 4.90 Å². The highest BCUT2D eigenvalue weighted by Crippen LogP contribution is 2.40. The highest BCUT2D eigenvalue weighted by atomic mass is 16.5. The zero-order valence-electron chi connectivity index (χ0n) is 18.0. The van der Waals surface area contributed by atoms with Crippen molar-refractivity contribution in [3.8, 4) is 5.75 Å². The zero-order valence-corrected chi connectivity index (χ0v) is 18.0. The summed E-state index contributed by atoms with van der Waals surface area (Å²) in [7, 11) is 1.62. The van der Waals surface area contributed by atoms with Gasteiger partial charge in [0.2, 0.25) is 0 Å². The minimum absolute atomic E-state index is 0.248. The molecule has 1 fully saturated rings. The maximum Gasteiger partial charge on any atom is 0.326 e. The van der Waals surface area contributed by atoms with E-state index in [0.29, 0.717) is 6.42 Å². The quantitative estimate of drug-likeness (QED) is 0.581. The van der Waals surface area contributed by atoms with Crippen LogP contribution in [0.15, 0.2) is 78.9 Å². The molecule has 1 heterocycles. The molecule has 1 unspecified atom stereocenters. The van der Waals surface area contributed by atoms with Gasteiger partial charge in [-0.2, -0.15) is 0 Å². The monoisotopic (exact) mass is 414 g/mol. The van der Waals surface area contributed by atoms with Crippen molar-refractivity contribution in [2.75, 3.05) is 7.11 Å². The molecule has 1 saturated heterocycles. The van der Waals surface area contributed by atoms with Crippen molar-refractivity contribution in [2.45, 2.75) is 31.8 Å². The lowest BCUT2D eigenvalue weighted by Crippen LogP contribution is -2.44. The number of imide groups is 1. The number of hydrogen-bond donors (Lipinski definition) is 1. The summed E-state index contributed by atoms with van der Waals surface area (Å²) in [5.74, 6) is 0.498. The standard InChI is InChI=1S/C26H26N2O3/c1-4-26(21-15-16-22(31-3)18(2)17-21)24(29)28(25(30)27-26)23(19-11-7-5-8-12-19)20-13-9-6-10-14-20/h5-17,23H,4H2,1-3H3,(H,27,30). The highest BCUT2D eigenvalue weighted by Gasteiger charge is 2.53. The van der Waals surface area contributed by atoms with Gasteiger partial charge in [-0.1, -0.05) is 73.7 Å². The van der Waals surface area contributed by atoms with E-state index in [9.17, 15) is 9.59 Å². The molecule has 0 saturated carbocycles. The van der Waals surface area contributed by atoms with E-state index in [-0.39, 0.29) is 5.91 Å². The van der Waals surface area contributed by atoms with Crippen LogP contribution in [0, 0.1) is 6.92 Å². The summed E-state index contributed by atoms with van der Waals surface area (Å²) in [5.41, 5.74) is 2.32. The Bertz CT molecular complexity index is 1060. The largest absolute Gasteiger partial charge is 0.496 e. The average Bonchev–Trinajstić information content (AvgIpc) is 3.06. The van der Waals surface area contributed by atoms with Gasteiger partial charge in [0.25, 0.3) is 5.91 Å². The van der Waals surface area contributed by atoms with Crippen molar-refractivity contribution in [3.05, 3.63) is 101 Å². The van der Waals surface area contributed by atoms with Gasteiger partial charge in [0.1, 0.15) is 11.3 Å². The molecule has 1 aliphatic rings. The van der Waals surface area contributed by atoms with Gasteiger partial charge in [-0.3, -0.25) is 9.69 Å². The third-order valence-electron chi connectivity index (χ3n) is 6.03. The minimum Gasteiger partial charge on any atom is -0.496 e. The first kappa shape index (κ1) is 20.7. The first-order valence-electron chi connectivity index (χ1n) is 10.4. The molecule has 3 aromatic rings. The number of ether oxygens (including phenoxy) is 1. The maximum absolute atomic E-state index is 13.9. The number of nitrogens with zero attached hydrogens (tertiary/aromatic N) is 1. The first-order valence-corrected chi connectivity index (χ1v) is 10.4. The zero-order chi connectivity index (χ0) is 22.0. The number of rotatable bonds is 6. The van der Waals surface area contributed by atoms with Crippen LogP contribution in [0.25, 0.3) is 0 Å². The molecule has 0 aliphatic carbocycles. The number of hydrogen-bond acceptors (Lipinski definition) is 3. The highest BCUT2D eigenvalue weighted by molar-refractivity contribution is 6.08. The molecular weight excluding hydrogens is 388 g/mol. The van der Waals surface area contributed by atoms with Crippen molar-refractivity contribution in [2.24, 2.45) is 0 Å². The molecule has 31 heavy (non-hydrogen) atoms. The van der Waals surface area contributed by atoms with Crippen LogP contribution in [0.5, 0.6) is 5.75 Å². The Morgan fingerprint density at radius 1 is 0.935 bits per heavy atom. The lowest BCUT2D eigenvalue weighted by Gasteiger charge is -2.30. The fourth-order valence-electron chi connectivity index (χ4n) is 4.37. The number of nitrogens with one attached hydrogen (secondary N) is 1. The van der Waals surface area contributed by atoms with Crippen LogP contribution < -0.4 is 10.1 Å². The molecule has 0 bridgehead atoms. The van der Waals surface area contributed by atoms with Crippen LogP contribution in [0.4, 0.5) is 4.79 Å². The van der Waals surface area contributed by atoms with Crippen LogP contribution >= 0.6 is 0 Å². The van der Waals surface area contributed by atoms with Crippen LogP contribution in [-0.2, 0) is 10.3 Å². The van der Waals surface area contributed by atoms with Gasteiger partial charge >= 0.3 is 6.03 Å². The van der Waals surface area contributed by atoms with Gasteiger partial charge in [-0.25, -0.2) is 4.79 Å². The fourth-order valence-corrected chi connectivity index (χ4v) is 4.37. The van der Waals surface area contributed by atoms with E-state index in [4.69, 9.17) is 4.74 Å². The van der Waals surface area contributed by atoms with Gasteiger partial charge in [0, 0.05) is 0 Å². The summed E-state index contributed by atoms with van der Waals surface area (Å²) in [5, 5.41) is 3.01. The fraction of sp³-hybridized carbons (Fsp3) is 0.231. The van der Waals surface area contributed by atoms with Crippen molar-refractivity contribution in [1.82, 2.24) is 10.2 Å². The summed E-state index contributed by atoms with van der Waals surface area (Å²) < 4.78 is 5.37. The Kier molecular flexibility index (Phi) is 5.51. The second-order valence-electron chi connectivity index (χ2n) is 7.77. The molecule has 0 spiro atoms. The van der Waals surface area contributed by atoms with Crippen molar-refractivity contribution < 1.29 is 14.3 Å². The molecule has 5 heteroatoms. The summed E-state index contributed by atoms with van der Waals surface area (Å²) >= 11 is 0. The van der Waals surface area contributed by atoms with E-state index in [1.807, 2.05) is 92.7 Å². The SMILES string of the molecule is CCC1(c2ccc(OC)c(C)c2)NC(=O)N(C(c2ccccc2)c2ccccc2)C1=O. The predicted octanol–water partition coefficient (Wildman–Crippen LogP) is 4.95. The van der Waals surface area contributed by atoms with Crippen molar-refractivity contribution in [1.29, 1.82) is 0 Å². The summed E-state index contributed by atoms with van der Waals surface area (Å²) in [6, 6.07) is 24.0. The normalized spacial score (nSPS) is 18.4. The predicted molar refractivity (Wildman–Crippen MR) is 120 cm³/mol. The number of amides is 3. The molecule has 1 atom stereocenters. The number of benzene rings is 3. The van der Waals surface area contributed by atoms with E-state index in [0.717, 1.165) is 28.0 Å². The van der Waals surface area contributed by atoms with E-state index in [2.05, 4.69) is 5.32 Å². The molecule has 0 radical (unpaired) electrons. The van der Waals surface area contributed by atoms with Crippen LogP contribution in [0.2, 0.25) is 0 Å². The number of carbonyl (C=O) groups is 2. The second-order valence-corrected chi connectivity index (χ2v) is 7.77. The molecule has 0 aromatic heterocycles. The van der Waals surface area contributed by atoms with Crippen molar-refractivity contribution in [3.63, 3.8) is 0 Å². The maximum atomic E-state index is 13.9. The van der Waals surface area contributed by atoms with Gasteiger partial charge in [0.15, 0.2) is 0 Å². The Balaban J connectivity index is 1.82. The molecular formula is C26H26N2O3. The number of urea groups is 1. The van der Waals surface area contributed by atoms with Crippen LogP contribution in [0.3, 0.4) is 0 Å². The molecule has 3 amide bonds. The van der Waals surface area contributed by atoms with Gasteiger partial charge in [-0.05, 0) is 47.7 Å². The second kappa shape index (κ2) is 8.26. The lowest BCUT2D eigenvalue weighted by atomic mass is 9.85. The van der Waals surface area contributed by atoms with E-state index < -0.39 is 17.6 Å². The molecule has 1 aliphatic heterocycles. The molecule has 5 nitrogen and oxygen atoms in total. The van der Waals surface area contributed by atoms with Crippen LogP contribution in [-0.4, -0.2) is 23.9 Å². The van der Waals surface area contributed by atoms with Crippen LogP contribution in [0.1, 0.15) is 41.6 Å². The number of carbonyl (C=O) groups excluding carboxylic acids is 2. The van der Waals surface area contributed by atoms with Crippen molar-refractivity contribution >= 4 is 11.9 Å². The summed E-state index contributed by atoms with van der Waals surface area (Å²) in [6.07, 6.45) is 0.441. The molecule has 3 aromatic carbocycles. The first-order chi connectivity index (χ1) is 15.0. The minimum atomic E-state index is -1.12. The van der Waals surface area contributed by atoms with Gasteiger partial charge < -0.3 is 10.1 Å². The van der Waals surface area contributed by atoms with Gasteiger partial charge in [-0.15, -0.1) is 0 Å². The third kappa shape index (κ3) is 3.46. The topological polar surface area (TPSA) is 58.6 Å². The Hall–Kier alpha value is -3.60. The molecule has 4 rings (SSSR count). The van der Waals surface area contributed by atoms with E-state index in [1.54, 1.807) is 7.11 Å². The Morgan fingerprint density at radius 2 is 1.52 bits per heavy atom. The Labute approximate surface area is 182 Å². The molecule has 1 N–H and O–H groups in total. The molecule has 158 valence electrons. The van der Waals surface area contributed by atoms with Gasteiger partial charge in [0.05, 0.1) is 13.2 Å².